The Morgan fingerprint density at radius 2 is 1.53 bits per heavy atom. The Bertz CT molecular complexity index is 1300. The van der Waals surface area contributed by atoms with Crippen LogP contribution < -0.4 is 0 Å². The van der Waals surface area contributed by atoms with E-state index in [0.717, 1.165) is 30.4 Å². The molecule has 0 N–H and O–H groups in total. The highest BCUT2D eigenvalue weighted by Crippen LogP contribution is 2.33. The molecule has 9 heteroatoms. The Kier molecular flexibility index (Phi) is 8.47. The van der Waals surface area contributed by atoms with Crippen LogP contribution in [0.5, 0.6) is 0 Å². The maximum absolute atomic E-state index is 13.8. The summed E-state index contributed by atoms with van der Waals surface area (Å²) >= 11 is 15.7. The quantitative estimate of drug-likeness (QED) is 0.297. The second-order valence-corrected chi connectivity index (χ2v) is 12.6. The first kappa shape index (κ1) is 27.1. The van der Waals surface area contributed by atoms with Crippen molar-refractivity contribution >= 4 is 55.1 Å². The summed E-state index contributed by atoms with van der Waals surface area (Å²) in [5.41, 5.74) is 2.00. The van der Waals surface area contributed by atoms with Gasteiger partial charge in [-0.2, -0.15) is 4.31 Å². The van der Waals surface area contributed by atoms with Crippen LogP contribution in [0.15, 0.2) is 76.1 Å². The molecule has 1 amide bonds. The lowest BCUT2D eigenvalue weighted by molar-refractivity contribution is 0.0754. The first-order valence-corrected chi connectivity index (χ1v) is 14.7. The molecule has 5 nitrogen and oxygen atoms in total. The number of halogens is 3. The molecule has 1 unspecified atom stereocenters. The number of hydrogen-bond acceptors (Lipinski definition) is 3. The third-order valence-corrected chi connectivity index (χ3v) is 9.80. The monoisotopic (exact) mass is 608 g/mol. The standard InChI is InChI=1S/C27H27BrCl2N2O3S/c1-18-5-3-4-16-32(18)36(34,35)23-14-15-25(28)24(17-23)27(33)31(2)26(19-6-10-21(29)11-7-19)20-8-12-22(30)13-9-20/h6-15,17-18,26H,3-5,16H2,1-2H3. The van der Waals surface area contributed by atoms with Crippen molar-refractivity contribution in [1.82, 2.24) is 9.21 Å². The SMILES string of the molecule is CC1CCCCN1S(=O)(=O)c1ccc(Br)c(C(=O)N(C)C(c2ccc(Cl)cc2)c2ccc(Cl)cc2)c1. The van der Waals surface area contributed by atoms with Crippen LogP contribution >= 0.6 is 39.1 Å². The smallest absolute Gasteiger partial charge is 0.255 e. The van der Waals surface area contributed by atoms with E-state index in [4.69, 9.17) is 23.2 Å². The van der Waals surface area contributed by atoms with E-state index in [1.807, 2.05) is 31.2 Å². The fourth-order valence-electron chi connectivity index (χ4n) is 4.63. The summed E-state index contributed by atoms with van der Waals surface area (Å²) in [6.45, 7) is 2.41. The normalized spacial score (nSPS) is 16.8. The lowest BCUT2D eigenvalue weighted by Gasteiger charge is -2.32. The van der Waals surface area contributed by atoms with Crippen LogP contribution in [0.3, 0.4) is 0 Å². The Morgan fingerprint density at radius 1 is 0.972 bits per heavy atom. The van der Waals surface area contributed by atoms with E-state index in [0.29, 0.717) is 21.1 Å². The first-order chi connectivity index (χ1) is 17.1. The molecule has 1 atom stereocenters. The van der Waals surface area contributed by atoms with Gasteiger partial charge in [-0.15, -0.1) is 0 Å². The molecule has 3 aromatic carbocycles. The molecule has 0 radical (unpaired) electrons. The average Bonchev–Trinajstić information content (AvgIpc) is 2.86. The van der Waals surface area contributed by atoms with Gasteiger partial charge in [0.05, 0.1) is 16.5 Å². The molecule has 0 saturated carbocycles. The van der Waals surface area contributed by atoms with Crippen LogP contribution in [-0.2, 0) is 10.0 Å². The largest absolute Gasteiger partial charge is 0.331 e. The third-order valence-electron chi connectivity index (χ3n) is 6.60. The molecular weight excluding hydrogens is 583 g/mol. The predicted molar refractivity (Wildman–Crippen MR) is 148 cm³/mol. The predicted octanol–water partition coefficient (Wildman–Crippen LogP) is 7.18. The summed E-state index contributed by atoms with van der Waals surface area (Å²) in [6.07, 6.45) is 2.67. The number of nitrogens with zero attached hydrogens (tertiary/aromatic N) is 2. The highest BCUT2D eigenvalue weighted by molar-refractivity contribution is 9.10. The zero-order chi connectivity index (χ0) is 26.0. The van der Waals surface area contributed by atoms with Gasteiger partial charge in [-0.05, 0) is 89.3 Å². The van der Waals surface area contributed by atoms with Gasteiger partial charge >= 0.3 is 0 Å². The minimum Gasteiger partial charge on any atom is -0.331 e. The van der Waals surface area contributed by atoms with Gasteiger partial charge in [-0.25, -0.2) is 8.42 Å². The van der Waals surface area contributed by atoms with Crippen LogP contribution in [0.4, 0.5) is 0 Å². The molecule has 190 valence electrons. The molecule has 1 heterocycles. The molecule has 1 aliphatic rings. The minimum absolute atomic E-state index is 0.0755. The summed E-state index contributed by atoms with van der Waals surface area (Å²) in [6, 6.07) is 18.7. The zero-order valence-electron chi connectivity index (χ0n) is 20.0. The minimum atomic E-state index is -3.73. The fourth-order valence-corrected chi connectivity index (χ4v) is 7.02. The van der Waals surface area contributed by atoms with Crippen molar-refractivity contribution in [2.75, 3.05) is 13.6 Å². The number of hydrogen-bond donors (Lipinski definition) is 0. The Hall–Kier alpha value is -1.90. The van der Waals surface area contributed by atoms with E-state index in [2.05, 4.69) is 15.9 Å². The Balaban J connectivity index is 1.73. The average molecular weight is 610 g/mol. The summed E-state index contributed by atoms with van der Waals surface area (Å²) in [5, 5.41) is 1.19. The Labute approximate surface area is 231 Å². The number of benzene rings is 3. The van der Waals surface area contributed by atoms with Crippen molar-refractivity contribution in [3.05, 3.63) is 97.9 Å². The van der Waals surface area contributed by atoms with Crippen LogP contribution in [-0.4, -0.2) is 43.2 Å². The summed E-state index contributed by atoms with van der Waals surface area (Å²) in [7, 11) is -2.03. The van der Waals surface area contributed by atoms with E-state index in [1.165, 1.54) is 6.07 Å². The molecule has 0 aliphatic carbocycles. The lowest BCUT2D eigenvalue weighted by Crippen LogP contribution is -2.42. The molecule has 36 heavy (non-hydrogen) atoms. The van der Waals surface area contributed by atoms with Gasteiger partial charge < -0.3 is 4.90 Å². The molecular formula is C27H27BrCl2N2O3S. The second-order valence-electron chi connectivity index (χ2n) is 9.02. The van der Waals surface area contributed by atoms with E-state index < -0.39 is 16.1 Å². The number of carbonyl (C=O) groups is 1. The van der Waals surface area contributed by atoms with Gasteiger partial charge in [-0.1, -0.05) is 53.9 Å². The van der Waals surface area contributed by atoms with Gasteiger partial charge in [-0.3, -0.25) is 4.79 Å². The van der Waals surface area contributed by atoms with Gasteiger partial charge in [0.2, 0.25) is 10.0 Å². The molecule has 0 aromatic heterocycles. The highest BCUT2D eigenvalue weighted by Gasteiger charge is 2.33. The fraction of sp³-hybridized carbons (Fsp3) is 0.296. The molecule has 4 rings (SSSR count). The number of carbonyl (C=O) groups excluding carboxylic acids is 1. The van der Waals surface area contributed by atoms with Crippen molar-refractivity contribution in [2.45, 2.75) is 43.2 Å². The molecule has 0 bridgehead atoms. The molecule has 1 fully saturated rings. The van der Waals surface area contributed by atoms with Crippen LogP contribution in [0.1, 0.15) is 53.7 Å². The molecule has 1 aliphatic heterocycles. The van der Waals surface area contributed by atoms with Crippen molar-refractivity contribution in [3.63, 3.8) is 0 Å². The van der Waals surface area contributed by atoms with Crippen molar-refractivity contribution in [1.29, 1.82) is 0 Å². The van der Waals surface area contributed by atoms with Crippen LogP contribution in [0.2, 0.25) is 10.0 Å². The Morgan fingerprint density at radius 3 is 2.06 bits per heavy atom. The third kappa shape index (κ3) is 5.65. The van der Waals surface area contributed by atoms with Crippen LogP contribution in [0, 0.1) is 0 Å². The van der Waals surface area contributed by atoms with E-state index in [9.17, 15) is 13.2 Å². The summed E-state index contributed by atoms with van der Waals surface area (Å²) in [4.78, 5) is 15.6. The summed E-state index contributed by atoms with van der Waals surface area (Å²) < 4.78 is 29.0. The zero-order valence-corrected chi connectivity index (χ0v) is 23.9. The topological polar surface area (TPSA) is 57.7 Å². The summed E-state index contributed by atoms with van der Waals surface area (Å²) in [5.74, 6) is -0.319. The van der Waals surface area contributed by atoms with E-state index in [-0.39, 0.29) is 22.4 Å². The van der Waals surface area contributed by atoms with Gasteiger partial charge in [0, 0.05) is 34.2 Å². The van der Waals surface area contributed by atoms with E-state index >= 15 is 0 Å². The number of rotatable bonds is 6. The maximum Gasteiger partial charge on any atom is 0.255 e. The second kappa shape index (κ2) is 11.2. The number of piperidine rings is 1. The molecule has 1 saturated heterocycles. The van der Waals surface area contributed by atoms with Gasteiger partial charge in [0.1, 0.15) is 0 Å². The van der Waals surface area contributed by atoms with Crippen molar-refractivity contribution < 1.29 is 13.2 Å². The first-order valence-electron chi connectivity index (χ1n) is 11.7. The van der Waals surface area contributed by atoms with E-state index in [1.54, 1.807) is 52.7 Å². The lowest BCUT2D eigenvalue weighted by atomic mass is 9.96. The maximum atomic E-state index is 13.8. The molecule has 3 aromatic rings. The van der Waals surface area contributed by atoms with Gasteiger partial charge in [0.15, 0.2) is 0 Å². The number of sulfonamides is 1. The van der Waals surface area contributed by atoms with Gasteiger partial charge in [0.25, 0.3) is 5.91 Å². The van der Waals surface area contributed by atoms with Crippen LogP contribution in [0.25, 0.3) is 0 Å². The van der Waals surface area contributed by atoms with Crippen molar-refractivity contribution in [2.24, 2.45) is 0 Å². The molecule has 0 spiro atoms. The van der Waals surface area contributed by atoms with Crippen molar-refractivity contribution in [3.8, 4) is 0 Å². The highest BCUT2D eigenvalue weighted by atomic mass is 79.9. The number of amides is 1.